The molecule has 0 saturated heterocycles. The molecule has 0 aliphatic carbocycles. The molecule has 0 aliphatic heterocycles. The van der Waals surface area contributed by atoms with Crippen LogP contribution in [0.25, 0.3) is 0 Å². The summed E-state index contributed by atoms with van der Waals surface area (Å²) in [5.74, 6) is -4.02. The molecule has 0 fully saturated rings. The van der Waals surface area contributed by atoms with Crippen LogP contribution in [0.2, 0.25) is 0 Å². The van der Waals surface area contributed by atoms with E-state index in [0.29, 0.717) is 6.42 Å². The van der Waals surface area contributed by atoms with E-state index in [1.54, 1.807) is 0 Å². The van der Waals surface area contributed by atoms with Gasteiger partial charge in [0.05, 0.1) is 0 Å². The lowest BCUT2D eigenvalue weighted by Crippen LogP contribution is -2.13. The second-order valence-corrected chi connectivity index (χ2v) is 7.81. The lowest BCUT2D eigenvalue weighted by Gasteiger charge is -2.15. The Morgan fingerprint density at radius 2 is 1.30 bits per heavy atom. The van der Waals surface area contributed by atoms with Crippen LogP contribution in [0.4, 0.5) is 0 Å². The van der Waals surface area contributed by atoms with Gasteiger partial charge in [-0.25, -0.2) is 14.4 Å². The summed E-state index contributed by atoms with van der Waals surface area (Å²) in [6, 6.07) is 0. The van der Waals surface area contributed by atoms with Crippen LogP contribution in [-0.4, -0.2) is 33.2 Å². The van der Waals surface area contributed by atoms with Crippen LogP contribution in [0.3, 0.4) is 0 Å². The maximum absolute atomic E-state index is 11.7. The van der Waals surface area contributed by atoms with Crippen molar-refractivity contribution in [3.05, 3.63) is 35.5 Å². The Hall–Kier alpha value is -2.37. The van der Waals surface area contributed by atoms with Gasteiger partial charge in [0.2, 0.25) is 0 Å². The SMILES string of the molecule is C=C(CC=C(C(=O)O)C(C=C(C)C(=O)O)CCCCCCCCCCCC)C(=O)O. The van der Waals surface area contributed by atoms with Gasteiger partial charge in [-0.1, -0.05) is 89.9 Å². The lowest BCUT2D eigenvalue weighted by atomic mass is 9.89. The minimum Gasteiger partial charge on any atom is -0.478 e. The number of rotatable bonds is 18. The summed E-state index contributed by atoms with van der Waals surface area (Å²) in [4.78, 5) is 33.9. The first-order chi connectivity index (χ1) is 14.2. The molecule has 0 heterocycles. The Labute approximate surface area is 180 Å². The van der Waals surface area contributed by atoms with Gasteiger partial charge in [0.15, 0.2) is 0 Å². The van der Waals surface area contributed by atoms with Gasteiger partial charge in [-0.3, -0.25) is 0 Å². The molecular formula is C24H38O6. The zero-order valence-corrected chi connectivity index (χ0v) is 18.5. The molecule has 1 atom stereocenters. The zero-order valence-electron chi connectivity index (χ0n) is 18.5. The third-order valence-corrected chi connectivity index (χ3v) is 5.17. The van der Waals surface area contributed by atoms with Crippen LogP contribution in [0.1, 0.15) is 90.9 Å². The molecule has 0 radical (unpaired) electrons. The number of carboxylic acid groups (broad SMARTS) is 3. The number of hydrogen-bond acceptors (Lipinski definition) is 3. The first kappa shape index (κ1) is 27.6. The molecule has 0 aliphatic rings. The van der Waals surface area contributed by atoms with Gasteiger partial charge < -0.3 is 15.3 Å². The maximum Gasteiger partial charge on any atom is 0.331 e. The Kier molecular flexibility index (Phi) is 15.1. The highest BCUT2D eigenvalue weighted by Crippen LogP contribution is 2.24. The number of unbranched alkanes of at least 4 members (excludes halogenated alkanes) is 9. The summed E-state index contributed by atoms with van der Waals surface area (Å²) in [7, 11) is 0. The van der Waals surface area contributed by atoms with Gasteiger partial charge in [-0.15, -0.1) is 0 Å². The van der Waals surface area contributed by atoms with Gasteiger partial charge in [-0.05, 0) is 19.8 Å². The van der Waals surface area contributed by atoms with E-state index in [9.17, 15) is 19.5 Å². The quantitative estimate of drug-likeness (QED) is 0.185. The molecule has 3 N–H and O–H groups in total. The van der Waals surface area contributed by atoms with Gasteiger partial charge in [0, 0.05) is 22.6 Å². The summed E-state index contributed by atoms with van der Waals surface area (Å²) in [5.41, 5.74) is -0.00409. The predicted octanol–water partition coefficient (Wildman–Crippen LogP) is 5.99. The maximum atomic E-state index is 11.7. The van der Waals surface area contributed by atoms with Crippen molar-refractivity contribution in [1.29, 1.82) is 0 Å². The van der Waals surface area contributed by atoms with Crippen LogP contribution in [0, 0.1) is 5.92 Å². The summed E-state index contributed by atoms with van der Waals surface area (Å²) in [6.45, 7) is 7.05. The molecule has 6 nitrogen and oxygen atoms in total. The number of carboxylic acids is 3. The van der Waals surface area contributed by atoms with E-state index in [4.69, 9.17) is 10.2 Å². The molecule has 30 heavy (non-hydrogen) atoms. The molecule has 0 bridgehead atoms. The standard InChI is InChI=1S/C24H38O6/c1-4-5-6-7-8-9-10-11-12-13-14-20(17-19(3)23(27)28)21(24(29)30)16-15-18(2)22(25)26/h16-17,20H,2,4-15H2,1,3H3,(H,25,26)(H,27,28)(H,29,30). The molecule has 0 aromatic carbocycles. The van der Waals surface area contributed by atoms with Crippen LogP contribution in [0.5, 0.6) is 0 Å². The van der Waals surface area contributed by atoms with E-state index in [2.05, 4.69) is 13.5 Å². The highest BCUT2D eigenvalue weighted by Gasteiger charge is 2.20. The molecule has 1 unspecified atom stereocenters. The summed E-state index contributed by atoms with van der Waals surface area (Å²) < 4.78 is 0. The van der Waals surface area contributed by atoms with Gasteiger partial charge >= 0.3 is 17.9 Å². The van der Waals surface area contributed by atoms with Gasteiger partial charge in [-0.2, -0.15) is 0 Å². The van der Waals surface area contributed by atoms with Crippen LogP contribution >= 0.6 is 0 Å². The fraction of sp³-hybridized carbons (Fsp3) is 0.625. The third-order valence-electron chi connectivity index (χ3n) is 5.17. The van der Waals surface area contributed by atoms with E-state index >= 15 is 0 Å². The smallest absolute Gasteiger partial charge is 0.331 e. The first-order valence-corrected chi connectivity index (χ1v) is 11.0. The zero-order chi connectivity index (χ0) is 22.9. The highest BCUT2D eigenvalue weighted by atomic mass is 16.4. The van der Waals surface area contributed by atoms with E-state index in [1.807, 2.05) is 0 Å². The van der Waals surface area contributed by atoms with Crippen molar-refractivity contribution >= 4 is 17.9 Å². The Balaban J connectivity index is 4.81. The number of carbonyl (C=O) groups is 3. The van der Waals surface area contributed by atoms with E-state index < -0.39 is 23.8 Å². The second kappa shape index (κ2) is 16.4. The topological polar surface area (TPSA) is 112 Å². The molecule has 0 aromatic heterocycles. The highest BCUT2D eigenvalue weighted by molar-refractivity contribution is 5.90. The van der Waals surface area contributed by atoms with E-state index in [1.165, 1.54) is 57.6 Å². The lowest BCUT2D eigenvalue weighted by molar-refractivity contribution is -0.134. The molecule has 0 saturated carbocycles. The van der Waals surface area contributed by atoms with Crippen molar-refractivity contribution in [2.24, 2.45) is 5.92 Å². The number of hydrogen-bond donors (Lipinski definition) is 3. The Bertz CT molecular complexity index is 630. The molecule has 0 rings (SSSR count). The number of allylic oxidation sites excluding steroid dienone is 2. The Morgan fingerprint density at radius 1 is 0.800 bits per heavy atom. The van der Waals surface area contributed by atoms with Crippen LogP contribution in [0.15, 0.2) is 35.5 Å². The second-order valence-electron chi connectivity index (χ2n) is 7.81. The van der Waals surface area contributed by atoms with Crippen LogP contribution < -0.4 is 0 Å². The van der Waals surface area contributed by atoms with Crippen molar-refractivity contribution in [2.75, 3.05) is 0 Å². The summed E-state index contributed by atoms with van der Waals surface area (Å²) in [6.07, 6.45) is 14.8. The van der Waals surface area contributed by atoms with Crippen molar-refractivity contribution in [3.63, 3.8) is 0 Å². The van der Waals surface area contributed by atoms with Crippen molar-refractivity contribution < 1.29 is 29.7 Å². The van der Waals surface area contributed by atoms with Crippen molar-refractivity contribution in [2.45, 2.75) is 90.9 Å². The largest absolute Gasteiger partial charge is 0.478 e. The fourth-order valence-corrected chi connectivity index (χ4v) is 3.27. The average Bonchev–Trinajstić information content (AvgIpc) is 2.68. The summed E-state index contributed by atoms with van der Waals surface area (Å²) in [5, 5.41) is 27.7. The normalized spacial score (nSPS) is 13.1. The molecule has 0 aromatic rings. The Morgan fingerprint density at radius 3 is 1.73 bits per heavy atom. The van der Waals surface area contributed by atoms with Crippen molar-refractivity contribution in [3.8, 4) is 0 Å². The van der Waals surface area contributed by atoms with Gasteiger partial charge in [0.1, 0.15) is 0 Å². The van der Waals surface area contributed by atoms with Crippen molar-refractivity contribution in [1.82, 2.24) is 0 Å². The summed E-state index contributed by atoms with van der Waals surface area (Å²) >= 11 is 0. The minimum absolute atomic E-state index is 0.0222. The monoisotopic (exact) mass is 422 g/mol. The fourth-order valence-electron chi connectivity index (χ4n) is 3.27. The van der Waals surface area contributed by atoms with E-state index in [-0.39, 0.29) is 23.1 Å². The van der Waals surface area contributed by atoms with Crippen LogP contribution in [-0.2, 0) is 14.4 Å². The molecule has 0 spiro atoms. The molecule has 6 heteroatoms. The van der Waals surface area contributed by atoms with Gasteiger partial charge in [0.25, 0.3) is 0 Å². The average molecular weight is 423 g/mol. The van der Waals surface area contributed by atoms with E-state index in [0.717, 1.165) is 25.7 Å². The predicted molar refractivity (Wildman–Crippen MR) is 118 cm³/mol. The third kappa shape index (κ3) is 13.0. The number of aliphatic carboxylic acids is 3. The molecule has 170 valence electrons. The molecule has 0 amide bonds. The molecular weight excluding hydrogens is 384 g/mol. The first-order valence-electron chi connectivity index (χ1n) is 11.0. The minimum atomic E-state index is -1.18.